The summed E-state index contributed by atoms with van der Waals surface area (Å²) in [6.45, 7) is -0.339. The van der Waals surface area contributed by atoms with Gasteiger partial charge in [-0.1, -0.05) is 6.08 Å². The molecule has 70 valence electrons. The third-order valence-electron chi connectivity index (χ3n) is 2.50. The van der Waals surface area contributed by atoms with Crippen molar-refractivity contribution in [3.63, 3.8) is 0 Å². The van der Waals surface area contributed by atoms with Crippen LogP contribution in [0.4, 0.5) is 0 Å². The third kappa shape index (κ3) is 0.846. The summed E-state index contributed by atoms with van der Waals surface area (Å²) in [7, 11) is 1.29. The molecule has 2 aliphatic rings. The molecule has 5 nitrogen and oxygen atoms in total. The first-order valence-electron chi connectivity index (χ1n) is 3.92. The van der Waals surface area contributed by atoms with Crippen LogP contribution in [0.3, 0.4) is 0 Å². The largest absolute Gasteiger partial charge is 0.466 e. The molecule has 0 unspecified atom stereocenters. The Balaban J connectivity index is 2.13. The number of carbonyl (C=O) groups excluding carboxylic acids is 2. The Bertz CT molecular complexity index is 309. The van der Waals surface area contributed by atoms with Crippen LogP contribution < -0.4 is 0 Å². The highest BCUT2D eigenvalue weighted by molar-refractivity contribution is 6.02. The molecule has 0 bridgehead atoms. The van der Waals surface area contributed by atoms with Gasteiger partial charge in [0.15, 0.2) is 0 Å². The predicted octanol–water partition coefficient (Wildman–Crippen LogP) is -1.12. The van der Waals surface area contributed by atoms with Crippen LogP contribution in [-0.2, 0) is 14.3 Å². The van der Waals surface area contributed by atoms with E-state index in [9.17, 15) is 9.59 Å². The zero-order chi connectivity index (χ0) is 9.59. The van der Waals surface area contributed by atoms with Crippen molar-refractivity contribution in [2.45, 2.75) is 6.04 Å². The second kappa shape index (κ2) is 2.56. The molecule has 1 aliphatic heterocycles. The zero-order valence-corrected chi connectivity index (χ0v) is 7.06. The van der Waals surface area contributed by atoms with Gasteiger partial charge >= 0.3 is 5.97 Å². The molecule has 5 heteroatoms. The molecule has 0 saturated carbocycles. The maximum atomic E-state index is 11.1. The lowest BCUT2D eigenvalue weighted by molar-refractivity contribution is -0.162. The normalized spacial score (nSPS) is 29.8. The minimum Gasteiger partial charge on any atom is -0.466 e. The molecular weight excluding hydrogens is 174 g/mol. The number of carbonyl (C=O) groups is 2. The van der Waals surface area contributed by atoms with Gasteiger partial charge < -0.3 is 14.7 Å². The van der Waals surface area contributed by atoms with Gasteiger partial charge in [0.05, 0.1) is 24.6 Å². The molecule has 13 heavy (non-hydrogen) atoms. The molecule has 2 rings (SSSR count). The Hall–Kier alpha value is -1.36. The number of fused-ring (bicyclic) bond motifs is 1. The second-order valence-electron chi connectivity index (χ2n) is 3.03. The Morgan fingerprint density at radius 3 is 3.00 bits per heavy atom. The van der Waals surface area contributed by atoms with Gasteiger partial charge in [0.2, 0.25) is 5.91 Å². The van der Waals surface area contributed by atoms with E-state index in [-0.39, 0.29) is 24.6 Å². The highest BCUT2D eigenvalue weighted by Crippen LogP contribution is 2.41. The van der Waals surface area contributed by atoms with Crippen molar-refractivity contribution >= 4 is 11.9 Å². The van der Waals surface area contributed by atoms with Gasteiger partial charge in [0.1, 0.15) is 6.73 Å². The topological polar surface area (TPSA) is 66.8 Å². The minimum absolute atomic E-state index is 0.125. The number of hydrogen-bond donors (Lipinski definition) is 1. The van der Waals surface area contributed by atoms with Gasteiger partial charge in [-0.05, 0) is 0 Å². The monoisotopic (exact) mass is 183 g/mol. The fourth-order valence-corrected chi connectivity index (χ4v) is 1.74. The van der Waals surface area contributed by atoms with Gasteiger partial charge in [-0.2, -0.15) is 0 Å². The second-order valence-corrected chi connectivity index (χ2v) is 3.03. The molecule has 0 aromatic rings. The van der Waals surface area contributed by atoms with Gasteiger partial charge in [0.25, 0.3) is 0 Å². The first kappa shape index (κ1) is 8.25. The van der Waals surface area contributed by atoms with E-state index in [4.69, 9.17) is 5.11 Å². The maximum Gasteiger partial charge on any atom is 0.335 e. The van der Waals surface area contributed by atoms with E-state index in [1.54, 1.807) is 6.08 Å². The van der Waals surface area contributed by atoms with Crippen molar-refractivity contribution in [3.05, 3.63) is 11.6 Å². The smallest absolute Gasteiger partial charge is 0.335 e. The van der Waals surface area contributed by atoms with Crippen LogP contribution in [0, 0.1) is 5.92 Å². The fraction of sp³-hybridized carbons (Fsp3) is 0.500. The Kier molecular flexibility index (Phi) is 1.63. The van der Waals surface area contributed by atoms with Crippen LogP contribution in [0.15, 0.2) is 11.6 Å². The SMILES string of the molecule is COC(=O)C1=C[C@H]2C(=O)N(CO)[C@@H]12. The van der Waals surface area contributed by atoms with Crippen LogP contribution in [0.5, 0.6) is 0 Å². The van der Waals surface area contributed by atoms with Crippen LogP contribution in [0.2, 0.25) is 0 Å². The number of amides is 1. The number of nitrogens with zero attached hydrogens (tertiary/aromatic N) is 1. The lowest BCUT2D eigenvalue weighted by Crippen LogP contribution is -2.66. The standard InChI is InChI=1S/C8H9NO4/c1-13-8(12)5-2-4-6(5)9(3-10)7(4)11/h2,4,6,10H,3H2,1H3/t4-,6-/m1/s1. The first-order chi connectivity index (χ1) is 6.20. The predicted molar refractivity (Wildman–Crippen MR) is 41.3 cm³/mol. The molecule has 1 saturated heterocycles. The van der Waals surface area contributed by atoms with Crippen molar-refractivity contribution in [3.8, 4) is 0 Å². The van der Waals surface area contributed by atoms with E-state index in [0.717, 1.165) is 0 Å². The summed E-state index contributed by atoms with van der Waals surface area (Å²) in [6.07, 6.45) is 1.59. The molecule has 1 N–H and O–H groups in total. The van der Waals surface area contributed by atoms with Crippen molar-refractivity contribution in [2.24, 2.45) is 5.92 Å². The van der Waals surface area contributed by atoms with E-state index in [0.29, 0.717) is 5.57 Å². The van der Waals surface area contributed by atoms with Crippen LogP contribution in [-0.4, -0.2) is 41.8 Å². The molecule has 0 radical (unpaired) electrons. The van der Waals surface area contributed by atoms with Crippen molar-refractivity contribution in [1.29, 1.82) is 0 Å². The van der Waals surface area contributed by atoms with Crippen molar-refractivity contribution in [2.75, 3.05) is 13.8 Å². The number of esters is 1. The summed E-state index contributed by atoms with van der Waals surface area (Å²) in [5.74, 6) is -0.756. The molecule has 1 fully saturated rings. The van der Waals surface area contributed by atoms with Crippen LogP contribution >= 0.6 is 0 Å². The molecule has 2 atom stereocenters. The quantitative estimate of drug-likeness (QED) is 0.435. The number of ether oxygens (including phenoxy) is 1. The highest BCUT2D eigenvalue weighted by Gasteiger charge is 2.55. The van der Waals surface area contributed by atoms with E-state index in [2.05, 4.69) is 4.74 Å². The van der Waals surface area contributed by atoms with Crippen LogP contribution in [0.25, 0.3) is 0 Å². The van der Waals surface area contributed by atoms with E-state index in [1.807, 2.05) is 0 Å². The summed E-state index contributed by atoms with van der Waals surface area (Å²) in [4.78, 5) is 23.4. The van der Waals surface area contributed by atoms with Gasteiger partial charge in [-0.25, -0.2) is 4.79 Å². The Morgan fingerprint density at radius 2 is 2.46 bits per heavy atom. The summed E-state index contributed by atoms with van der Waals surface area (Å²) in [5.41, 5.74) is 0.473. The number of rotatable bonds is 2. The fourth-order valence-electron chi connectivity index (χ4n) is 1.74. The minimum atomic E-state index is -0.424. The van der Waals surface area contributed by atoms with Gasteiger partial charge in [0, 0.05) is 0 Å². The molecule has 1 aliphatic carbocycles. The highest BCUT2D eigenvalue weighted by atomic mass is 16.5. The molecule has 0 aromatic carbocycles. The Morgan fingerprint density at radius 1 is 1.77 bits per heavy atom. The molecule has 1 amide bonds. The lowest BCUT2D eigenvalue weighted by atomic mass is 9.72. The van der Waals surface area contributed by atoms with E-state index in [1.165, 1.54) is 12.0 Å². The van der Waals surface area contributed by atoms with E-state index < -0.39 is 5.97 Å². The van der Waals surface area contributed by atoms with E-state index >= 15 is 0 Å². The number of methoxy groups -OCH3 is 1. The summed E-state index contributed by atoms with van der Waals surface area (Å²) in [6, 6.07) is -0.245. The summed E-state index contributed by atoms with van der Waals surface area (Å²) >= 11 is 0. The van der Waals surface area contributed by atoms with Crippen molar-refractivity contribution in [1.82, 2.24) is 4.90 Å². The van der Waals surface area contributed by atoms with Gasteiger partial charge in [-0.3, -0.25) is 4.79 Å². The number of hydrogen-bond acceptors (Lipinski definition) is 4. The maximum absolute atomic E-state index is 11.1. The number of β-lactam (4-membered cyclic amide) rings is 1. The summed E-state index contributed by atoms with van der Waals surface area (Å²) < 4.78 is 4.51. The number of aliphatic hydroxyl groups excluding tert-OH is 1. The van der Waals surface area contributed by atoms with Crippen molar-refractivity contribution < 1.29 is 19.4 Å². The summed E-state index contributed by atoms with van der Waals surface area (Å²) in [5, 5.41) is 8.78. The van der Waals surface area contributed by atoms with Crippen LogP contribution in [0.1, 0.15) is 0 Å². The third-order valence-corrected chi connectivity index (χ3v) is 2.50. The first-order valence-corrected chi connectivity index (χ1v) is 3.92. The average Bonchev–Trinajstić information content (AvgIpc) is 2.11. The Labute approximate surface area is 74.6 Å². The molecule has 0 spiro atoms. The number of aliphatic hydroxyl groups is 1. The average molecular weight is 183 g/mol. The number of likely N-dealkylation sites (tertiary alicyclic amines) is 1. The zero-order valence-electron chi connectivity index (χ0n) is 7.06. The van der Waals surface area contributed by atoms with Gasteiger partial charge in [-0.15, -0.1) is 0 Å². The molecule has 1 heterocycles. The lowest BCUT2D eigenvalue weighted by Gasteiger charge is -2.51. The molecule has 0 aromatic heterocycles. The molecular formula is C8H9NO4.